The summed E-state index contributed by atoms with van der Waals surface area (Å²) >= 11 is 0. The Morgan fingerprint density at radius 2 is 1.71 bits per heavy atom. The van der Waals surface area contributed by atoms with Gasteiger partial charge in [-0.05, 0) is 55.0 Å². The largest absolute Gasteiger partial charge is 0.478 e. The summed E-state index contributed by atoms with van der Waals surface area (Å²) in [5.74, 6) is -0.950. The molecule has 0 fully saturated rings. The first-order valence-electron chi connectivity index (χ1n) is 6.50. The monoisotopic (exact) mass is 283 g/mol. The van der Waals surface area contributed by atoms with Crippen molar-refractivity contribution in [1.29, 1.82) is 0 Å². The number of aromatic carboxylic acids is 1. The molecule has 0 bridgehead atoms. The molecule has 0 aliphatic rings. The van der Waals surface area contributed by atoms with Gasteiger partial charge in [0.25, 0.3) is 0 Å². The highest BCUT2D eigenvalue weighted by molar-refractivity contribution is 5.87. The van der Waals surface area contributed by atoms with Crippen LogP contribution in [-0.2, 0) is 0 Å². The van der Waals surface area contributed by atoms with Crippen molar-refractivity contribution in [1.82, 2.24) is 0 Å². The van der Waals surface area contributed by atoms with Crippen molar-refractivity contribution >= 4 is 23.0 Å². The lowest BCUT2D eigenvalue weighted by Crippen LogP contribution is -2.08. The maximum atomic E-state index is 10.8. The predicted molar refractivity (Wildman–Crippen MR) is 83.1 cm³/mol. The summed E-state index contributed by atoms with van der Waals surface area (Å²) in [5, 5.41) is 17.2. The molecular weight excluding hydrogens is 266 g/mol. The van der Waals surface area contributed by atoms with Crippen LogP contribution in [0.15, 0.2) is 52.7 Å². The van der Waals surface area contributed by atoms with Gasteiger partial charge >= 0.3 is 5.97 Å². The Labute approximate surface area is 123 Å². The normalized spacial score (nSPS) is 10.8. The molecule has 0 spiro atoms. The highest BCUT2D eigenvalue weighted by atomic mass is 16.4. The van der Waals surface area contributed by atoms with Crippen molar-refractivity contribution in [3.63, 3.8) is 0 Å². The smallest absolute Gasteiger partial charge is 0.335 e. The molecule has 0 aliphatic carbocycles. The molecule has 0 radical (unpaired) electrons. The molecule has 0 aliphatic heterocycles. The van der Waals surface area contributed by atoms with Crippen LogP contribution in [0.1, 0.15) is 15.9 Å². The zero-order chi connectivity index (χ0) is 15.4. The van der Waals surface area contributed by atoms with Gasteiger partial charge in [0.15, 0.2) is 0 Å². The van der Waals surface area contributed by atoms with E-state index in [1.807, 2.05) is 44.1 Å². The van der Waals surface area contributed by atoms with Gasteiger partial charge in [0.2, 0.25) is 0 Å². The zero-order valence-corrected chi connectivity index (χ0v) is 12.2. The number of aryl methyl sites for hydroxylation is 1. The van der Waals surface area contributed by atoms with Crippen LogP contribution in [-0.4, -0.2) is 25.2 Å². The minimum absolute atomic E-state index is 0.237. The average molecular weight is 283 g/mol. The Morgan fingerprint density at radius 3 is 2.24 bits per heavy atom. The number of rotatable bonds is 4. The lowest BCUT2D eigenvalue weighted by atomic mass is 10.2. The number of azo groups is 1. The molecule has 2 rings (SSSR count). The van der Waals surface area contributed by atoms with E-state index in [0.29, 0.717) is 5.69 Å². The van der Waals surface area contributed by atoms with Gasteiger partial charge in [0.05, 0.1) is 16.9 Å². The standard InChI is InChI=1S/C16H17N3O2/c1-11-10-14(19(2)3)8-9-15(11)18-17-13-6-4-12(5-7-13)16(20)21/h4-10H,1-3H3,(H,20,21). The number of carboxylic acids is 1. The highest BCUT2D eigenvalue weighted by Gasteiger charge is 2.02. The Morgan fingerprint density at radius 1 is 1.05 bits per heavy atom. The van der Waals surface area contributed by atoms with E-state index >= 15 is 0 Å². The van der Waals surface area contributed by atoms with Crippen molar-refractivity contribution in [2.24, 2.45) is 10.2 Å². The SMILES string of the molecule is Cc1cc(N(C)C)ccc1N=Nc1ccc(C(=O)O)cc1. The third-order valence-electron chi connectivity index (χ3n) is 3.08. The van der Waals surface area contributed by atoms with Gasteiger partial charge in [0.1, 0.15) is 0 Å². The first kappa shape index (κ1) is 14.7. The second-order valence-corrected chi connectivity index (χ2v) is 4.92. The van der Waals surface area contributed by atoms with E-state index in [1.54, 1.807) is 12.1 Å². The fourth-order valence-corrected chi connectivity index (χ4v) is 1.81. The first-order chi connectivity index (χ1) is 9.97. The summed E-state index contributed by atoms with van der Waals surface area (Å²) in [6.07, 6.45) is 0. The molecule has 21 heavy (non-hydrogen) atoms. The van der Waals surface area contributed by atoms with E-state index in [4.69, 9.17) is 5.11 Å². The minimum atomic E-state index is -0.950. The molecule has 0 amide bonds. The van der Waals surface area contributed by atoms with Crippen LogP contribution in [0, 0.1) is 6.92 Å². The van der Waals surface area contributed by atoms with Crippen molar-refractivity contribution in [2.75, 3.05) is 19.0 Å². The molecule has 5 nitrogen and oxygen atoms in total. The fraction of sp³-hybridized carbons (Fsp3) is 0.188. The molecule has 0 aromatic heterocycles. The van der Waals surface area contributed by atoms with Crippen LogP contribution >= 0.6 is 0 Å². The molecule has 0 saturated carbocycles. The number of carboxylic acid groups (broad SMARTS) is 1. The molecule has 108 valence electrons. The van der Waals surface area contributed by atoms with Gasteiger partial charge in [-0.25, -0.2) is 4.79 Å². The Kier molecular flexibility index (Phi) is 4.33. The molecule has 0 heterocycles. The Bertz CT molecular complexity index is 676. The van der Waals surface area contributed by atoms with Crippen LogP contribution in [0.2, 0.25) is 0 Å². The van der Waals surface area contributed by atoms with E-state index in [1.165, 1.54) is 12.1 Å². The second kappa shape index (κ2) is 6.17. The number of carbonyl (C=O) groups is 1. The summed E-state index contributed by atoms with van der Waals surface area (Å²) in [6, 6.07) is 12.2. The first-order valence-corrected chi connectivity index (χ1v) is 6.50. The topological polar surface area (TPSA) is 65.3 Å². The molecule has 2 aromatic carbocycles. The van der Waals surface area contributed by atoms with Gasteiger partial charge in [-0.1, -0.05) is 0 Å². The second-order valence-electron chi connectivity index (χ2n) is 4.92. The lowest BCUT2D eigenvalue weighted by Gasteiger charge is -2.13. The summed E-state index contributed by atoms with van der Waals surface area (Å²) in [5.41, 5.74) is 3.80. The van der Waals surface area contributed by atoms with E-state index < -0.39 is 5.97 Å². The maximum absolute atomic E-state index is 10.8. The highest BCUT2D eigenvalue weighted by Crippen LogP contribution is 2.25. The molecule has 1 N–H and O–H groups in total. The van der Waals surface area contributed by atoms with Crippen molar-refractivity contribution in [2.45, 2.75) is 6.92 Å². The van der Waals surface area contributed by atoms with Gasteiger partial charge < -0.3 is 10.0 Å². The molecule has 5 heteroatoms. The van der Waals surface area contributed by atoms with Crippen molar-refractivity contribution in [3.8, 4) is 0 Å². The number of hydrogen-bond donors (Lipinski definition) is 1. The van der Waals surface area contributed by atoms with Crippen LogP contribution in [0.25, 0.3) is 0 Å². The van der Waals surface area contributed by atoms with Crippen LogP contribution in [0.4, 0.5) is 17.1 Å². The molecule has 2 aromatic rings. The summed E-state index contributed by atoms with van der Waals surface area (Å²) in [7, 11) is 3.97. The van der Waals surface area contributed by atoms with Crippen molar-refractivity contribution < 1.29 is 9.90 Å². The Hall–Kier alpha value is -2.69. The lowest BCUT2D eigenvalue weighted by molar-refractivity contribution is 0.0697. The number of nitrogens with zero attached hydrogens (tertiary/aromatic N) is 3. The average Bonchev–Trinajstić information content (AvgIpc) is 2.46. The summed E-state index contributed by atoms with van der Waals surface area (Å²) < 4.78 is 0. The van der Waals surface area contributed by atoms with Crippen molar-refractivity contribution in [3.05, 3.63) is 53.6 Å². The van der Waals surface area contributed by atoms with E-state index in [2.05, 4.69) is 10.2 Å². The van der Waals surface area contributed by atoms with Gasteiger partial charge in [-0.2, -0.15) is 10.2 Å². The molecule has 0 atom stereocenters. The number of anilines is 1. The summed E-state index contributed by atoms with van der Waals surface area (Å²) in [6.45, 7) is 1.98. The predicted octanol–water partition coefficient (Wildman–Crippen LogP) is 4.17. The van der Waals surface area contributed by atoms with Crippen LogP contribution in [0.5, 0.6) is 0 Å². The minimum Gasteiger partial charge on any atom is -0.478 e. The fourth-order valence-electron chi connectivity index (χ4n) is 1.81. The quantitative estimate of drug-likeness (QED) is 0.856. The van der Waals surface area contributed by atoms with E-state index in [-0.39, 0.29) is 5.56 Å². The number of benzene rings is 2. The molecule has 0 unspecified atom stereocenters. The third-order valence-corrected chi connectivity index (χ3v) is 3.08. The van der Waals surface area contributed by atoms with E-state index in [0.717, 1.165) is 16.9 Å². The molecular formula is C16H17N3O2. The van der Waals surface area contributed by atoms with E-state index in [9.17, 15) is 4.79 Å². The van der Waals surface area contributed by atoms with Gasteiger partial charge in [0, 0.05) is 19.8 Å². The Balaban J connectivity index is 2.19. The van der Waals surface area contributed by atoms with Gasteiger partial charge in [-0.3, -0.25) is 0 Å². The van der Waals surface area contributed by atoms with Crippen LogP contribution in [0.3, 0.4) is 0 Å². The third kappa shape index (κ3) is 3.66. The zero-order valence-electron chi connectivity index (χ0n) is 12.2. The maximum Gasteiger partial charge on any atom is 0.335 e. The van der Waals surface area contributed by atoms with Crippen LogP contribution < -0.4 is 4.90 Å². The molecule has 0 saturated heterocycles. The van der Waals surface area contributed by atoms with Gasteiger partial charge in [-0.15, -0.1) is 0 Å². The number of hydrogen-bond acceptors (Lipinski definition) is 4. The summed E-state index contributed by atoms with van der Waals surface area (Å²) in [4.78, 5) is 12.8.